The monoisotopic (exact) mass is 779 g/mol. The van der Waals surface area contributed by atoms with Crippen molar-refractivity contribution < 1.29 is 4.42 Å². The van der Waals surface area contributed by atoms with Crippen molar-refractivity contribution in [2.75, 3.05) is 0 Å². The molecule has 0 amide bonds. The van der Waals surface area contributed by atoms with Crippen LogP contribution in [0.5, 0.6) is 0 Å². The largest absolute Gasteiger partial charge is 0.456 e. The number of rotatable bonds is 4. The van der Waals surface area contributed by atoms with E-state index in [0.717, 1.165) is 77.9 Å². The fraction of sp³-hybridized carbons (Fsp3) is 0.0526. The van der Waals surface area contributed by atoms with E-state index >= 15 is 0 Å². The molecule has 0 spiro atoms. The van der Waals surface area contributed by atoms with Gasteiger partial charge in [-0.25, -0.2) is 9.97 Å². The highest BCUT2D eigenvalue weighted by molar-refractivity contribution is 6.15. The van der Waals surface area contributed by atoms with E-state index in [2.05, 4.69) is 194 Å². The quantitative estimate of drug-likeness (QED) is 0.179. The molecule has 0 aliphatic heterocycles. The Balaban J connectivity index is 1.09. The van der Waals surface area contributed by atoms with Crippen molar-refractivity contribution in [3.05, 3.63) is 199 Å². The second kappa shape index (κ2) is 12.6. The third kappa shape index (κ3) is 4.93. The van der Waals surface area contributed by atoms with Crippen LogP contribution < -0.4 is 0 Å². The van der Waals surface area contributed by atoms with Crippen molar-refractivity contribution in [3.8, 4) is 50.6 Å². The molecule has 9 aromatic carbocycles. The molecule has 0 fully saturated rings. The summed E-state index contributed by atoms with van der Waals surface area (Å²) in [4.78, 5) is 11.5. The molecular weight excluding hydrogens is 743 g/mol. The highest BCUT2D eigenvalue weighted by Crippen LogP contribution is 2.51. The summed E-state index contributed by atoms with van der Waals surface area (Å²) >= 11 is 0. The third-order valence-electron chi connectivity index (χ3n) is 13.1. The SMILES string of the molecule is CC1(C)c2ccc(-c3ccccc3)cc2-c2nc(-c3ccc(-n4c5ccccc5c5cc6ccccc6cc54)c4ccccc34)c(-c3ccc4oc5ccccc5c4c3)nc21. The molecule has 3 heterocycles. The van der Waals surface area contributed by atoms with Gasteiger partial charge in [-0.05, 0) is 93.5 Å². The Hall–Kier alpha value is -7.82. The van der Waals surface area contributed by atoms with E-state index in [9.17, 15) is 0 Å². The summed E-state index contributed by atoms with van der Waals surface area (Å²) in [5, 5.41) is 9.36. The standard InChI is InChI=1S/C57H37N3O/c1-57(2)47-27-24-37(34-14-4-3-5-15-34)31-46(47)55-56(57)59-53(38-25-29-52-45(32-38)42-21-11-13-23-51(42)61-52)54(58-55)43-26-28-49(40-19-9-8-18-39(40)43)60-48-22-12-10-20-41(48)44-30-35-16-6-7-17-36(35)33-50(44)60/h3-33H,1-2H3. The van der Waals surface area contributed by atoms with Crippen LogP contribution in [0.4, 0.5) is 0 Å². The van der Waals surface area contributed by atoms with E-state index < -0.39 is 0 Å². The average molecular weight is 780 g/mol. The maximum atomic E-state index is 6.31. The molecule has 4 nitrogen and oxygen atoms in total. The van der Waals surface area contributed by atoms with Crippen LogP contribution in [-0.4, -0.2) is 14.5 Å². The van der Waals surface area contributed by atoms with Gasteiger partial charge >= 0.3 is 0 Å². The van der Waals surface area contributed by atoms with Crippen molar-refractivity contribution >= 4 is 65.3 Å². The van der Waals surface area contributed by atoms with Gasteiger partial charge in [0, 0.05) is 49.0 Å². The number of hydrogen-bond acceptors (Lipinski definition) is 3. The van der Waals surface area contributed by atoms with Crippen LogP contribution in [0.2, 0.25) is 0 Å². The van der Waals surface area contributed by atoms with E-state index in [0.29, 0.717) is 0 Å². The van der Waals surface area contributed by atoms with Gasteiger partial charge in [0.2, 0.25) is 0 Å². The Morgan fingerprint density at radius 2 is 1.10 bits per heavy atom. The molecular formula is C57H37N3O. The Morgan fingerprint density at radius 1 is 0.410 bits per heavy atom. The first-order valence-electron chi connectivity index (χ1n) is 21.0. The number of para-hydroxylation sites is 2. The van der Waals surface area contributed by atoms with Crippen LogP contribution in [0.1, 0.15) is 25.1 Å². The lowest BCUT2D eigenvalue weighted by atomic mass is 9.84. The fourth-order valence-corrected chi connectivity index (χ4v) is 10.1. The maximum absolute atomic E-state index is 6.31. The zero-order valence-electron chi connectivity index (χ0n) is 33.6. The second-order valence-electron chi connectivity index (χ2n) is 16.9. The van der Waals surface area contributed by atoms with Gasteiger partial charge in [0.1, 0.15) is 11.2 Å². The van der Waals surface area contributed by atoms with Gasteiger partial charge in [-0.1, -0.05) is 141 Å². The molecule has 0 saturated carbocycles. The van der Waals surface area contributed by atoms with Crippen LogP contribution in [0.25, 0.3) is 116 Å². The summed E-state index contributed by atoms with van der Waals surface area (Å²) in [6, 6.07) is 67.6. The number of hydrogen-bond donors (Lipinski definition) is 0. The van der Waals surface area contributed by atoms with Crippen molar-refractivity contribution in [1.29, 1.82) is 0 Å². The second-order valence-corrected chi connectivity index (χ2v) is 16.9. The van der Waals surface area contributed by atoms with Gasteiger partial charge in [0.25, 0.3) is 0 Å². The van der Waals surface area contributed by atoms with Crippen LogP contribution in [0.15, 0.2) is 192 Å². The molecule has 0 unspecified atom stereocenters. The lowest BCUT2D eigenvalue weighted by molar-refractivity contribution is 0.636. The van der Waals surface area contributed by atoms with Crippen molar-refractivity contribution in [1.82, 2.24) is 14.5 Å². The van der Waals surface area contributed by atoms with Gasteiger partial charge in [0.05, 0.1) is 39.5 Å². The molecule has 1 aliphatic rings. The van der Waals surface area contributed by atoms with E-state index in [1.165, 1.54) is 49.3 Å². The normalized spacial score (nSPS) is 13.2. The van der Waals surface area contributed by atoms with Gasteiger partial charge < -0.3 is 8.98 Å². The fourth-order valence-electron chi connectivity index (χ4n) is 10.1. The molecule has 0 bridgehead atoms. The number of aromatic nitrogens is 3. The molecule has 286 valence electrons. The zero-order chi connectivity index (χ0) is 40.4. The Bertz CT molecular complexity index is 3800. The first-order chi connectivity index (χ1) is 30.0. The minimum absolute atomic E-state index is 0.362. The lowest BCUT2D eigenvalue weighted by Gasteiger charge is -2.22. The van der Waals surface area contributed by atoms with E-state index in [-0.39, 0.29) is 5.41 Å². The number of nitrogens with zero attached hydrogens (tertiary/aromatic N) is 3. The number of furan rings is 1. The summed E-state index contributed by atoms with van der Waals surface area (Å²) in [7, 11) is 0. The summed E-state index contributed by atoms with van der Waals surface area (Å²) in [5.74, 6) is 0. The number of benzene rings is 9. The van der Waals surface area contributed by atoms with Gasteiger partial charge in [-0.15, -0.1) is 0 Å². The predicted octanol–water partition coefficient (Wildman–Crippen LogP) is 15.1. The highest BCUT2D eigenvalue weighted by Gasteiger charge is 2.40. The number of fused-ring (bicyclic) bond motifs is 11. The first kappa shape index (κ1) is 34.1. The maximum Gasteiger partial charge on any atom is 0.135 e. The van der Waals surface area contributed by atoms with Crippen molar-refractivity contribution in [3.63, 3.8) is 0 Å². The minimum atomic E-state index is -0.362. The molecule has 4 heteroatoms. The summed E-state index contributed by atoms with van der Waals surface area (Å²) < 4.78 is 8.75. The van der Waals surface area contributed by atoms with Gasteiger partial charge in [-0.2, -0.15) is 0 Å². The first-order valence-corrected chi connectivity index (χ1v) is 21.0. The average Bonchev–Trinajstić information content (AvgIpc) is 3.92. The molecule has 1 aliphatic carbocycles. The smallest absolute Gasteiger partial charge is 0.135 e. The molecule has 0 radical (unpaired) electrons. The Kier molecular flexibility index (Phi) is 7.04. The molecule has 61 heavy (non-hydrogen) atoms. The van der Waals surface area contributed by atoms with Crippen molar-refractivity contribution in [2.45, 2.75) is 19.3 Å². The van der Waals surface area contributed by atoms with E-state index in [1.807, 2.05) is 12.1 Å². The van der Waals surface area contributed by atoms with E-state index in [4.69, 9.17) is 14.4 Å². The van der Waals surface area contributed by atoms with Gasteiger partial charge in [0.15, 0.2) is 0 Å². The summed E-state index contributed by atoms with van der Waals surface area (Å²) in [6.45, 7) is 4.56. The molecule has 0 atom stereocenters. The van der Waals surface area contributed by atoms with Crippen molar-refractivity contribution in [2.24, 2.45) is 0 Å². The van der Waals surface area contributed by atoms with Gasteiger partial charge in [-0.3, -0.25) is 0 Å². The van der Waals surface area contributed by atoms with E-state index in [1.54, 1.807) is 0 Å². The summed E-state index contributed by atoms with van der Waals surface area (Å²) in [5.41, 5.74) is 15.3. The minimum Gasteiger partial charge on any atom is -0.456 e. The van der Waals surface area contributed by atoms with Crippen LogP contribution >= 0.6 is 0 Å². The molecule has 12 aromatic rings. The zero-order valence-corrected chi connectivity index (χ0v) is 33.6. The predicted molar refractivity (Wildman–Crippen MR) is 253 cm³/mol. The Labute approximate surface area is 352 Å². The summed E-state index contributed by atoms with van der Waals surface area (Å²) in [6.07, 6.45) is 0. The highest BCUT2D eigenvalue weighted by atomic mass is 16.3. The molecule has 13 rings (SSSR count). The van der Waals surface area contributed by atoms with Crippen LogP contribution in [-0.2, 0) is 5.41 Å². The molecule has 3 aromatic heterocycles. The Morgan fingerprint density at radius 3 is 1.95 bits per heavy atom. The molecule has 0 saturated heterocycles. The third-order valence-corrected chi connectivity index (χ3v) is 13.1. The molecule has 0 N–H and O–H groups in total. The van der Waals surface area contributed by atoms with Crippen LogP contribution in [0.3, 0.4) is 0 Å². The van der Waals surface area contributed by atoms with Crippen LogP contribution in [0, 0.1) is 0 Å². The lowest BCUT2D eigenvalue weighted by Crippen LogP contribution is -2.17. The topological polar surface area (TPSA) is 43.9 Å².